The summed E-state index contributed by atoms with van der Waals surface area (Å²) in [5.41, 5.74) is 0.140. The second kappa shape index (κ2) is 4.10. The predicted octanol–water partition coefficient (Wildman–Crippen LogP) is 0.0908. The van der Waals surface area contributed by atoms with Crippen molar-refractivity contribution in [3.05, 3.63) is 0 Å². The number of likely N-dealkylation sites (tertiary alicyclic amines) is 1. The van der Waals surface area contributed by atoms with Crippen molar-refractivity contribution in [2.45, 2.75) is 13.3 Å². The molecule has 4 heteroatoms. The van der Waals surface area contributed by atoms with Crippen LogP contribution in [0.2, 0.25) is 0 Å². The molecule has 2 saturated heterocycles. The number of hydrogen-bond acceptors (Lipinski definition) is 4. The molecule has 2 atom stereocenters. The predicted molar refractivity (Wildman–Crippen MR) is 57.5 cm³/mol. The molecule has 2 fully saturated rings. The van der Waals surface area contributed by atoms with Gasteiger partial charge < -0.3 is 15.0 Å². The fraction of sp³-hybridized carbons (Fsp3) is 0.909. The number of carbonyl (C=O) groups is 1. The topological polar surface area (TPSA) is 41.6 Å². The number of hydrogen-bond donors (Lipinski definition) is 1. The zero-order chi connectivity index (χ0) is 10.9. The Labute approximate surface area is 91.0 Å². The molecule has 0 bridgehead atoms. The standard InChI is InChI=1S/C11H20N2O2/c1-3-15-10(14)9-6-12-7-11(9)4-5-13(2)8-11/h9,12H,3-8H2,1-2H3. The number of carbonyl (C=O) groups excluding carboxylic acids is 1. The molecule has 86 valence electrons. The van der Waals surface area contributed by atoms with Crippen LogP contribution in [0, 0.1) is 11.3 Å². The van der Waals surface area contributed by atoms with E-state index in [4.69, 9.17) is 4.74 Å². The summed E-state index contributed by atoms with van der Waals surface area (Å²) in [6.45, 7) is 6.21. The van der Waals surface area contributed by atoms with Crippen molar-refractivity contribution in [3.63, 3.8) is 0 Å². The highest BCUT2D eigenvalue weighted by Crippen LogP contribution is 2.40. The number of nitrogens with zero attached hydrogens (tertiary/aromatic N) is 1. The molecule has 0 aromatic carbocycles. The summed E-state index contributed by atoms with van der Waals surface area (Å²) >= 11 is 0. The number of rotatable bonds is 2. The molecule has 2 heterocycles. The van der Waals surface area contributed by atoms with Crippen LogP contribution in [0.5, 0.6) is 0 Å². The van der Waals surface area contributed by atoms with E-state index >= 15 is 0 Å². The van der Waals surface area contributed by atoms with Gasteiger partial charge in [-0.15, -0.1) is 0 Å². The Morgan fingerprint density at radius 1 is 1.67 bits per heavy atom. The summed E-state index contributed by atoms with van der Waals surface area (Å²) in [4.78, 5) is 14.1. The molecule has 0 radical (unpaired) electrons. The third kappa shape index (κ3) is 1.88. The molecule has 0 amide bonds. The Hall–Kier alpha value is -0.610. The lowest BCUT2D eigenvalue weighted by Crippen LogP contribution is -2.38. The minimum Gasteiger partial charge on any atom is -0.466 e. The van der Waals surface area contributed by atoms with E-state index in [9.17, 15) is 4.79 Å². The third-order valence-electron chi connectivity index (χ3n) is 3.71. The summed E-state index contributed by atoms with van der Waals surface area (Å²) < 4.78 is 5.15. The van der Waals surface area contributed by atoms with Gasteiger partial charge in [-0.25, -0.2) is 0 Å². The van der Waals surface area contributed by atoms with Gasteiger partial charge in [-0.1, -0.05) is 0 Å². The van der Waals surface area contributed by atoms with Crippen molar-refractivity contribution in [2.24, 2.45) is 11.3 Å². The summed E-state index contributed by atoms with van der Waals surface area (Å²) in [5, 5.41) is 3.34. The van der Waals surface area contributed by atoms with Crippen LogP contribution in [0.1, 0.15) is 13.3 Å². The highest BCUT2D eigenvalue weighted by atomic mass is 16.5. The Bertz CT molecular complexity index is 257. The number of esters is 1. The van der Waals surface area contributed by atoms with Gasteiger partial charge in [0, 0.05) is 25.0 Å². The van der Waals surface area contributed by atoms with E-state index in [0.717, 1.165) is 32.6 Å². The lowest BCUT2D eigenvalue weighted by Gasteiger charge is -2.28. The maximum atomic E-state index is 11.8. The Morgan fingerprint density at radius 3 is 3.07 bits per heavy atom. The molecule has 0 aromatic rings. The van der Waals surface area contributed by atoms with Gasteiger partial charge in [-0.2, -0.15) is 0 Å². The first-order chi connectivity index (χ1) is 7.18. The number of ether oxygens (including phenoxy) is 1. The van der Waals surface area contributed by atoms with Crippen LogP contribution in [0.25, 0.3) is 0 Å². The molecule has 0 aliphatic carbocycles. The molecule has 2 unspecified atom stereocenters. The zero-order valence-electron chi connectivity index (χ0n) is 9.58. The summed E-state index contributed by atoms with van der Waals surface area (Å²) in [6.07, 6.45) is 1.11. The molecular weight excluding hydrogens is 192 g/mol. The molecular formula is C11H20N2O2. The molecule has 2 rings (SSSR count). The minimum absolute atomic E-state index is 0.0159. The molecule has 0 aromatic heterocycles. The third-order valence-corrected chi connectivity index (χ3v) is 3.71. The monoisotopic (exact) mass is 212 g/mol. The zero-order valence-corrected chi connectivity index (χ0v) is 9.58. The van der Waals surface area contributed by atoms with Gasteiger partial charge in [0.15, 0.2) is 0 Å². The second-order valence-electron chi connectivity index (χ2n) is 4.79. The van der Waals surface area contributed by atoms with Crippen LogP contribution >= 0.6 is 0 Å². The first-order valence-corrected chi connectivity index (χ1v) is 5.74. The van der Waals surface area contributed by atoms with E-state index in [1.54, 1.807) is 0 Å². The highest BCUT2D eigenvalue weighted by Gasteiger charge is 2.50. The fourth-order valence-electron chi connectivity index (χ4n) is 2.92. The number of nitrogens with one attached hydrogen (secondary N) is 1. The molecule has 2 aliphatic heterocycles. The summed E-state index contributed by atoms with van der Waals surface area (Å²) in [6, 6.07) is 0. The Kier molecular flexibility index (Phi) is 2.98. The average Bonchev–Trinajstić information content (AvgIpc) is 2.75. The van der Waals surface area contributed by atoms with E-state index in [1.807, 2.05) is 6.92 Å². The average molecular weight is 212 g/mol. The fourth-order valence-corrected chi connectivity index (χ4v) is 2.92. The van der Waals surface area contributed by atoms with E-state index in [-0.39, 0.29) is 17.3 Å². The highest BCUT2D eigenvalue weighted by molar-refractivity contribution is 5.74. The van der Waals surface area contributed by atoms with Gasteiger partial charge in [-0.3, -0.25) is 4.79 Å². The second-order valence-corrected chi connectivity index (χ2v) is 4.79. The molecule has 1 N–H and O–H groups in total. The van der Waals surface area contributed by atoms with Crippen LogP contribution < -0.4 is 5.32 Å². The van der Waals surface area contributed by atoms with Crippen LogP contribution in [0.3, 0.4) is 0 Å². The van der Waals surface area contributed by atoms with Crippen molar-refractivity contribution in [2.75, 3.05) is 39.8 Å². The van der Waals surface area contributed by atoms with E-state index < -0.39 is 0 Å². The molecule has 15 heavy (non-hydrogen) atoms. The molecule has 4 nitrogen and oxygen atoms in total. The molecule has 0 saturated carbocycles. The first-order valence-electron chi connectivity index (χ1n) is 5.74. The largest absolute Gasteiger partial charge is 0.466 e. The van der Waals surface area contributed by atoms with Gasteiger partial charge in [0.1, 0.15) is 0 Å². The van der Waals surface area contributed by atoms with Crippen molar-refractivity contribution in [3.8, 4) is 0 Å². The molecule has 1 spiro atoms. The van der Waals surface area contributed by atoms with E-state index in [0.29, 0.717) is 6.61 Å². The lowest BCUT2D eigenvalue weighted by atomic mass is 9.77. The van der Waals surface area contributed by atoms with Crippen LogP contribution in [-0.2, 0) is 9.53 Å². The van der Waals surface area contributed by atoms with Crippen molar-refractivity contribution in [1.29, 1.82) is 0 Å². The maximum absolute atomic E-state index is 11.8. The SMILES string of the molecule is CCOC(=O)C1CNCC12CCN(C)C2. The van der Waals surface area contributed by atoms with Crippen LogP contribution in [0.15, 0.2) is 0 Å². The summed E-state index contributed by atoms with van der Waals surface area (Å²) in [5.74, 6) is 0.0419. The van der Waals surface area contributed by atoms with Gasteiger partial charge in [0.25, 0.3) is 0 Å². The Balaban J connectivity index is 2.07. The Morgan fingerprint density at radius 2 is 2.47 bits per heavy atom. The van der Waals surface area contributed by atoms with Crippen molar-refractivity contribution >= 4 is 5.97 Å². The van der Waals surface area contributed by atoms with Crippen molar-refractivity contribution < 1.29 is 9.53 Å². The lowest BCUT2D eigenvalue weighted by molar-refractivity contribution is -0.150. The normalized spacial score (nSPS) is 36.3. The van der Waals surface area contributed by atoms with Crippen molar-refractivity contribution in [1.82, 2.24) is 10.2 Å². The van der Waals surface area contributed by atoms with Gasteiger partial charge in [0.2, 0.25) is 0 Å². The quantitative estimate of drug-likeness (QED) is 0.659. The smallest absolute Gasteiger partial charge is 0.310 e. The van der Waals surface area contributed by atoms with Crippen LogP contribution in [-0.4, -0.2) is 50.7 Å². The van der Waals surface area contributed by atoms with Gasteiger partial charge >= 0.3 is 5.97 Å². The minimum atomic E-state index is -0.0159. The van der Waals surface area contributed by atoms with Gasteiger partial charge in [0.05, 0.1) is 12.5 Å². The van der Waals surface area contributed by atoms with Gasteiger partial charge in [-0.05, 0) is 26.9 Å². The van der Waals surface area contributed by atoms with E-state index in [1.165, 1.54) is 0 Å². The van der Waals surface area contributed by atoms with Crippen LogP contribution in [0.4, 0.5) is 0 Å². The van der Waals surface area contributed by atoms with E-state index in [2.05, 4.69) is 17.3 Å². The summed E-state index contributed by atoms with van der Waals surface area (Å²) in [7, 11) is 2.12. The first kappa shape index (κ1) is 10.9. The maximum Gasteiger partial charge on any atom is 0.310 e. The molecule has 2 aliphatic rings.